The van der Waals surface area contributed by atoms with Crippen molar-refractivity contribution in [1.82, 2.24) is 9.55 Å². The quantitative estimate of drug-likeness (QED) is 0.216. The smallest absolute Gasteiger partial charge is 0.477 e. The van der Waals surface area contributed by atoms with Crippen molar-refractivity contribution in [3.05, 3.63) is 70.8 Å². The molecule has 8 nitrogen and oxygen atoms in total. The van der Waals surface area contributed by atoms with E-state index in [-0.39, 0.29) is 23.7 Å². The lowest BCUT2D eigenvalue weighted by atomic mass is 10.0. The first kappa shape index (κ1) is 28.5. The van der Waals surface area contributed by atoms with Gasteiger partial charge in [-0.1, -0.05) is 25.1 Å². The minimum atomic E-state index is -5.95. The third-order valence-corrected chi connectivity index (χ3v) is 7.75. The second-order valence-electron chi connectivity index (χ2n) is 9.51. The van der Waals surface area contributed by atoms with Gasteiger partial charge in [-0.15, -0.1) is 0 Å². The van der Waals surface area contributed by atoms with Crippen LogP contribution in [0.4, 0.5) is 32.0 Å². The molecule has 1 saturated carbocycles. The van der Waals surface area contributed by atoms with Gasteiger partial charge in [0.1, 0.15) is 22.7 Å². The predicted octanol–water partition coefficient (Wildman–Crippen LogP) is 6.76. The van der Waals surface area contributed by atoms with Crippen LogP contribution >= 0.6 is 0 Å². The van der Waals surface area contributed by atoms with Crippen LogP contribution in [0, 0.1) is 0 Å². The highest BCUT2D eigenvalue weighted by Gasteiger charge is 2.47. The maximum absolute atomic E-state index is 14.4. The predicted molar refractivity (Wildman–Crippen MR) is 135 cm³/mol. The van der Waals surface area contributed by atoms with E-state index >= 15 is 0 Å². The van der Waals surface area contributed by atoms with Gasteiger partial charge in [-0.05, 0) is 42.7 Å². The molecule has 0 spiro atoms. The Bertz CT molecular complexity index is 1770. The zero-order valence-electron chi connectivity index (χ0n) is 21.1. The van der Waals surface area contributed by atoms with Gasteiger partial charge in [-0.25, -0.2) is 9.78 Å². The van der Waals surface area contributed by atoms with E-state index in [0.29, 0.717) is 23.5 Å². The second kappa shape index (κ2) is 9.82. The number of aromatic nitrogens is 2. The Hall–Kier alpha value is -4.01. The van der Waals surface area contributed by atoms with Gasteiger partial charge in [0, 0.05) is 29.8 Å². The van der Waals surface area contributed by atoms with Gasteiger partial charge >= 0.3 is 27.7 Å². The molecule has 218 valence electrons. The highest BCUT2D eigenvalue weighted by Crippen LogP contribution is 2.46. The molecule has 0 radical (unpaired) electrons. The first-order chi connectivity index (χ1) is 19.1. The van der Waals surface area contributed by atoms with Gasteiger partial charge in [-0.3, -0.25) is 4.72 Å². The van der Waals surface area contributed by atoms with E-state index in [9.17, 15) is 44.7 Å². The highest BCUT2D eigenvalue weighted by atomic mass is 32.2. The largest absolute Gasteiger partial charge is 0.516 e. The summed E-state index contributed by atoms with van der Waals surface area (Å²) in [5.41, 5.74) is -7.92. The molecule has 0 aliphatic heterocycles. The summed E-state index contributed by atoms with van der Waals surface area (Å²) < 4.78 is 114. The lowest BCUT2D eigenvalue weighted by Gasteiger charge is -2.14. The van der Waals surface area contributed by atoms with Gasteiger partial charge in [-0.2, -0.15) is 34.8 Å². The number of carboxylic acids is 1. The number of halogens is 6. The Labute approximate surface area is 228 Å². The van der Waals surface area contributed by atoms with E-state index in [0.717, 1.165) is 37.1 Å². The van der Waals surface area contributed by atoms with E-state index < -0.39 is 55.6 Å². The van der Waals surface area contributed by atoms with Crippen LogP contribution < -0.4 is 4.72 Å². The molecule has 0 amide bonds. The lowest BCUT2D eigenvalue weighted by Crippen LogP contribution is -2.30. The lowest BCUT2D eigenvalue weighted by molar-refractivity contribution is -0.136. The number of carbonyl (C=O) groups is 1. The summed E-state index contributed by atoms with van der Waals surface area (Å²) in [6.07, 6.45) is -3.10. The first-order valence-electron chi connectivity index (χ1n) is 12.3. The fraction of sp³-hybridized carbons (Fsp3) is 0.308. The second-order valence-corrected chi connectivity index (χ2v) is 11.2. The van der Waals surface area contributed by atoms with E-state index in [2.05, 4.69) is 4.98 Å². The van der Waals surface area contributed by atoms with E-state index in [4.69, 9.17) is 4.42 Å². The molecule has 2 heterocycles. The van der Waals surface area contributed by atoms with Gasteiger partial charge in [0.2, 0.25) is 0 Å². The number of hydrogen-bond donors (Lipinski definition) is 2. The zero-order valence-corrected chi connectivity index (χ0v) is 21.9. The molecule has 1 fully saturated rings. The molecule has 4 aromatic rings. The Morgan fingerprint density at radius 2 is 1.80 bits per heavy atom. The van der Waals surface area contributed by atoms with Crippen LogP contribution in [0.15, 0.2) is 46.9 Å². The number of rotatable bonds is 8. The van der Waals surface area contributed by atoms with Crippen molar-refractivity contribution in [2.45, 2.75) is 50.3 Å². The summed E-state index contributed by atoms with van der Waals surface area (Å²) >= 11 is 0. The topological polar surface area (TPSA) is 114 Å². The van der Waals surface area contributed by atoms with Crippen molar-refractivity contribution in [3.63, 3.8) is 0 Å². The van der Waals surface area contributed by atoms with Gasteiger partial charge in [0.25, 0.3) is 0 Å². The van der Waals surface area contributed by atoms with Crippen LogP contribution in [0.5, 0.6) is 0 Å². The Morgan fingerprint density at radius 3 is 2.39 bits per heavy atom. The fourth-order valence-electron chi connectivity index (χ4n) is 4.70. The summed E-state index contributed by atoms with van der Waals surface area (Å²) in [5.74, 6) is -1.62. The third-order valence-electron chi connectivity index (χ3n) is 6.65. The monoisotopic (exact) mass is 601 g/mol. The molecule has 1 aliphatic rings. The van der Waals surface area contributed by atoms with Crippen molar-refractivity contribution in [2.75, 3.05) is 4.72 Å². The van der Waals surface area contributed by atoms with Crippen LogP contribution in [-0.4, -0.2) is 34.6 Å². The molecule has 1 aliphatic carbocycles. The SMILES string of the molecule is CCc1nc(C2CC2)c(C(=O)O)n1Cc1ccc2oc(-c3ccccc3NS(=O)(=O)C(F)(F)F)c(C(F)(F)F)c2c1. The number of benzene rings is 2. The number of para-hydroxylation sites is 1. The van der Waals surface area contributed by atoms with Crippen molar-refractivity contribution < 1.29 is 49.1 Å². The summed E-state index contributed by atoms with van der Waals surface area (Å²) in [4.78, 5) is 16.6. The minimum Gasteiger partial charge on any atom is -0.477 e. The number of fused-ring (bicyclic) bond motifs is 1. The normalized spacial score (nSPS) is 14.5. The standard InChI is InChI=1S/C26H21F6N3O5S/c1-2-19-33-21(14-8-9-14)22(24(36)37)35(19)12-13-7-10-18-16(11-13)20(25(27,28)29)23(40-18)15-5-3-4-6-17(15)34-41(38,39)26(30,31)32/h3-7,10-11,14,34H,2,8-9,12H2,1H3,(H,36,37). The molecular weight excluding hydrogens is 580 g/mol. The molecule has 0 bridgehead atoms. The Kier molecular flexibility index (Phi) is 6.83. The molecule has 0 unspecified atom stereocenters. The Balaban J connectivity index is 1.64. The van der Waals surface area contributed by atoms with Gasteiger partial charge in [0.15, 0.2) is 5.69 Å². The van der Waals surface area contributed by atoms with E-state index in [1.54, 1.807) is 6.92 Å². The number of furan rings is 1. The molecule has 2 aromatic heterocycles. The molecule has 2 N–H and O–H groups in total. The number of aryl methyl sites for hydroxylation is 1. The van der Waals surface area contributed by atoms with Crippen molar-refractivity contribution in [3.8, 4) is 11.3 Å². The maximum atomic E-state index is 14.4. The number of sulfonamides is 1. The van der Waals surface area contributed by atoms with Crippen molar-refractivity contribution >= 4 is 32.6 Å². The molecule has 41 heavy (non-hydrogen) atoms. The number of nitrogens with one attached hydrogen (secondary N) is 1. The number of aromatic carboxylic acids is 1. The van der Waals surface area contributed by atoms with Crippen LogP contribution in [-0.2, 0) is 29.2 Å². The van der Waals surface area contributed by atoms with Crippen LogP contribution in [0.3, 0.4) is 0 Å². The number of alkyl halides is 6. The zero-order chi connectivity index (χ0) is 29.9. The molecule has 0 atom stereocenters. The molecule has 15 heteroatoms. The number of nitrogens with zero attached hydrogens (tertiary/aromatic N) is 2. The van der Waals surface area contributed by atoms with Crippen molar-refractivity contribution in [1.29, 1.82) is 0 Å². The highest BCUT2D eigenvalue weighted by molar-refractivity contribution is 7.93. The average Bonchev–Trinajstić information content (AvgIpc) is 3.54. The van der Waals surface area contributed by atoms with Crippen LogP contribution in [0.25, 0.3) is 22.3 Å². The average molecular weight is 602 g/mol. The van der Waals surface area contributed by atoms with Crippen LogP contribution in [0.1, 0.15) is 58.8 Å². The van der Waals surface area contributed by atoms with Gasteiger partial charge < -0.3 is 14.1 Å². The van der Waals surface area contributed by atoms with E-state index in [1.165, 1.54) is 27.5 Å². The third kappa shape index (κ3) is 5.25. The van der Waals surface area contributed by atoms with E-state index in [1.807, 2.05) is 0 Å². The summed E-state index contributed by atoms with van der Waals surface area (Å²) in [6, 6.07) is 8.09. The molecule has 0 saturated heterocycles. The maximum Gasteiger partial charge on any atom is 0.516 e. The first-order valence-corrected chi connectivity index (χ1v) is 13.7. The van der Waals surface area contributed by atoms with Gasteiger partial charge in [0.05, 0.1) is 11.4 Å². The number of hydrogen-bond acceptors (Lipinski definition) is 5. The molecule has 5 rings (SSSR count). The number of anilines is 1. The molecular formula is C26H21F6N3O5S. The fourth-order valence-corrected chi connectivity index (χ4v) is 5.28. The Morgan fingerprint density at radius 1 is 1.12 bits per heavy atom. The number of carboxylic acid groups (broad SMARTS) is 1. The van der Waals surface area contributed by atoms with Crippen molar-refractivity contribution in [2.24, 2.45) is 0 Å². The molecule has 2 aromatic carbocycles. The summed E-state index contributed by atoms with van der Waals surface area (Å²) in [5, 5.41) is 9.44. The minimum absolute atomic E-state index is 0.0123. The summed E-state index contributed by atoms with van der Waals surface area (Å²) in [7, 11) is -5.95. The van der Waals surface area contributed by atoms with Crippen LogP contribution in [0.2, 0.25) is 0 Å². The summed E-state index contributed by atoms with van der Waals surface area (Å²) in [6.45, 7) is 1.67. The number of imidazole rings is 1.